The monoisotopic (exact) mass is 395 g/mol. The van der Waals surface area contributed by atoms with E-state index in [4.69, 9.17) is 0 Å². The number of alkyl halides is 3. The van der Waals surface area contributed by atoms with E-state index in [-0.39, 0.29) is 19.4 Å². The van der Waals surface area contributed by atoms with Gasteiger partial charge in [0.2, 0.25) is 29.5 Å². The van der Waals surface area contributed by atoms with E-state index in [0.717, 1.165) is 4.90 Å². The minimum atomic E-state index is -4.72. The molecule has 1 aliphatic rings. The van der Waals surface area contributed by atoms with Crippen LogP contribution in [0.2, 0.25) is 0 Å². The molecule has 11 heteroatoms. The number of anilines is 1. The standard InChI is InChI=1S/C17H16F3N5O3/c1-16(10-5-3-2-4-6-10)9-12(27)25(14(16)28)8-7-11(26)21-15-22-13(23-24-15)17(18,19)20/h2-6H,7-9H2,1H3,(H2,21,22,23,24,26)/t16-/m1/s1. The van der Waals surface area contributed by atoms with Gasteiger partial charge in [-0.15, -0.1) is 5.10 Å². The van der Waals surface area contributed by atoms with E-state index < -0.39 is 41.1 Å². The molecule has 1 atom stereocenters. The van der Waals surface area contributed by atoms with Crippen LogP contribution in [0.25, 0.3) is 0 Å². The molecule has 0 unspecified atom stereocenters. The van der Waals surface area contributed by atoms with Gasteiger partial charge in [0, 0.05) is 19.4 Å². The third-order valence-corrected chi connectivity index (χ3v) is 4.50. The summed E-state index contributed by atoms with van der Waals surface area (Å²) in [5.41, 5.74) is -0.319. The van der Waals surface area contributed by atoms with Crippen molar-refractivity contribution >= 4 is 23.7 Å². The minimum absolute atomic E-state index is 0.0205. The highest BCUT2D eigenvalue weighted by Crippen LogP contribution is 2.36. The maximum atomic E-state index is 12.7. The topological polar surface area (TPSA) is 108 Å². The first-order chi connectivity index (χ1) is 13.1. The van der Waals surface area contributed by atoms with Gasteiger partial charge >= 0.3 is 6.18 Å². The Morgan fingerprint density at radius 1 is 1.29 bits per heavy atom. The van der Waals surface area contributed by atoms with Crippen LogP contribution in [-0.2, 0) is 26.0 Å². The van der Waals surface area contributed by atoms with Crippen LogP contribution < -0.4 is 5.32 Å². The number of hydrogen-bond acceptors (Lipinski definition) is 5. The summed E-state index contributed by atoms with van der Waals surface area (Å²) < 4.78 is 37.4. The van der Waals surface area contributed by atoms with Crippen molar-refractivity contribution in [2.45, 2.75) is 31.4 Å². The third-order valence-electron chi connectivity index (χ3n) is 4.50. The summed E-state index contributed by atoms with van der Waals surface area (Å²) in [7, 11) is 0. The van der Waals surface area contributed by atoms with E-state index in [1.807, 2.05) is 0 Å². The Balaban J connectivity index is 1.61. The molecule has 1 fully saturated rings. The maximum absolute atomic E-state index is 12.7. The van der Waals surface area contributed by atoms with E-state index in [9.17, 15) is 27.6 Å². The number of carbonyl (C=O) groups excluding carboxylic acids is 3. The largest absolute Gasteiger partial charge is 0.451 e. The van der Waals surface area contributed by atoms with Crippen LogP contribution in [0, 0.1) is 0 Å². The highest BCUT2D eigenvalue weighted by atomic mass is 19.4. The van der Waals surface area contributed by atoms with Crippen LogP contribution in [0.5, 0.6) is 0 Å². The fourth-order valence-corrected chi connectivity index (χ4v) is 2.99. The molecular weight excluding hydrogens is 379 g/mol. The zero-order valence-electron chi connectivity index (χ0n) is 14.7. The molecule has 3 amide bonds. The second-order valence-corrected chi connectivity index (χ2v) is 6.53. The molecule has 1 aromatic heterocycles. The predicted molar refractivity (Wildman–Crippen MR) is 89.8 cm³/mol. The van der Waals surface area contributed by atoms with Crippen molar-refractivity contribution in [3.05, 3.63) is 41.7 Å². The number of amides is 3. The molecule has 3 rings (SSSR count). The molecule has 1 saturated heterocycles. The number of halogens is 3. The number of H-pyrrole nitrogens is 1. The average molecular weight is 395 g/mol. The molecule has 2 aromatic rings. The SMILES string of the molecule is C[C@]1(c2ccccc2)CC(=O)N(CCC(=O)Nc2n[nH]c(C(F)(F)F)n2)C1=O. The fourth-order valence-electron chi connectivity index (χ4n) is 2.99. The van der Waals surface area contributed by atoms with Gasteiger partial charge < -0.3 is 0 Å². The molecule has 1 aromatic carbocycles. The van der Waals surface area contributed by atoms with Gasteiger partial charge in [-0.1, -0.05) is 30.3 Å². The first kappa shape index (κ1) is 19.5. The van der Waals surface area contributed by atoms with E-state index in [0.29, 0.717) is 5.56 Å². The third kappa shape index (κ3) is 3.73. The lowest BCUT2D eigenvalue weighted by Crippen LogP contribution is -2.38. The summed E-state index contributed by atoms with van der Waals surface area (Å²) in [4.78, 5) is 41.1. The Hall–Kier alpha value is -3.24. The summed E-state index contributed by atoms with van der Waals surface area (Å²) in [5.74, 6) is -3.44. The number of aromatic nitrogens is 3. The number of benzene rings is 1. The van der Waals surface area contributed by atoms with Crippen LogP contribution in [0.3, 0.4) is 0 Å². The smallest absolute Gasteiger partial charge is 0.293 e. The summed E-state index contributed by atoms with van der Waals surface area (Å²) in [6.07, 6.45) is -5.03. The normalized spacial score (nSPS) is 19.9. The highest BCUT2D eigenvalue weighted by molar-refractivity contribution is 6.09. The molecule has 0 radical (unpaired) electrons. The zero-order valence-corrected chi connectivity index (χ0v) is 14.7. The van der Waals surface area contributed by atoms with Crippen LogP contribution in [0.4, 0.5) is 19.1 Å². The van der Waals surface area contributed by atoms with Crippen LogP contribution in [-0.4, -0.2) is 44.3 Å². The molecule has 1 aliphatic heterocycles. The van der Waals surface area contributed by atoms with Crippen molar-refractivity contribution in [2.75, 3.05) is 11.9 Å². The number of hydrogen-bond donors (Lipinski definition) is 2. The molecule has 2 N–H and O–H groups in total. The second-order valence-electron chi connectivity index (χ2n) is 6.53. The zero-order chi connectivity index (χ0) is 20.5. The van der Waals surface area contributed by atoms with Crippen LogP contribution in [0.15, 0.2) is 30.3 Å². The average Bonchev–Trinajstić information content (AvgIpc) is 3.18. The summed E-state index contributed by atoms with van der Waals surface area (Å²) in [5, 5.41) is 7.03. The van der Waals surface area contributed by atoms with E-state index in [2.05, 4.69) is 15.4 Å². The van der Waals surface area contributed by atoms with Crippen molar-refractivity contribution in [1.82, 2.24) is 20.1 Å². The first-order valence-corrected chi connectivity index (χ1v) is 8.31. The quantitative estimate of drug-likeness (QED) is 0.752. The van der Waals surface area contributed by atoms with Gasteiger partial charge in [0.1, 0.15) is 0 Å². The molecule has 0 spiro atoms. The van der Waals surface area contributed by atoms with E-state index in [1.54, 1.807) is 42.4 Å². The number of likely N-dealkylation sites (tertiary alicyclic amines) is 1. The number of rotatable bonds is 5. The molecule has 0 bridgehead atoms. The molecule has 0 saturated carbocycles. The molecule has 0 aliphatic carbocycles. The van der Waals surface area contributed by atoms with Crippen molar-refractivity contribution in [3.63, 3.8) is 0 Å². The Morgan fingerprint density at radius 3 is 2.57 bits per heavy atom. The molecule has 8 nitrogen and oxygen atoms in total. The molecule has 28 heavy (non-hydrogen) atoms. The lowest BCUT2D eigenvalue weighted by molar-refractivity contribution is -0.145. The van der Waals surface area contributed by atoms with E-state index in [1.165, 1.54) is 0 Å². The Morgan fingerprint density at radius 2 is 1.96 bits per heavy atom. The fraction of sp³-hybridized carbons (Fsp3) is 0.353. The van der Waals surface area contributed by atoms with E-state index >= 15 is 0 Å². The van der Waals surface area contributed by atoms with Crippen molar-refractivity contribution < 1.29 is 27.6 Å². The van der Waals surface area contributed by atoms with Gasteiger partial charge in [0.05, 0.1) is 5.41 Å². The molecular formula is C17H16F3N5O3. The maximum Gasteiger partial charge on any atom is 0.451 e. The number of aromatic amines is 1. The summed E-state index contributed by atoms with van der Waals surface area (Å²) in [6.45, 7) is 1.47. The summed E-state index contributed by atoms with van der Waals surface area (Å²) >= 11 is 0. The van der Waals surface area contributed by atoms with Gasteiger partial charge in [0.15, 0.2) is 0 Å². The Labute approximate surface area is 157 Å². The minimum Gasteiger partial charge on any atom is -0.293 e. The number of nitrogens with zero attached hydrogens (tertiary/aromatic N) is 3. The van der Waals surface area contributed by atoms with Crippen molar-refractivity contribution in [3.8, 4) is 0 Å². The van der Waals surface area contributed by atoms with Gasteiger partial charge in [-0.2, -0.15) is 18.2 Å². The van der Waals surface area contributed by atoms with Crippen molar-refractivity contribution in [2.24, 2.45) is 0 Å². The van der Waals surface area contributed by atoms with Crippen LogP contribution >= 0.6 is 0 Å². The van der Waals surface area contributed by atoms with Gasteiger partial charge in [-0.3, -0.25) is 29.7 Å². The molecule has 2 heterocycles. The summed E-state index contributed by atoms with van der Waals surface area (Å²) in [6, 6.07) is 8.83. The lowest BCUT2D eigenvalue weighted by Gasteiger charge is -2.22. The van der Waals surface area contributed by atoms with Gasteiger partial charge in [0.25, 0.3) is 0 Å². The second kappa shape index (κ2) is 7.06. The Bertz CT molecular complexity index is 912. The van der Waals surface area contributed by atoms with Gasteiger partial charge in [-0.25, -0.2) is 0 Å². The lowest BCUT2D eigenvalue weighted by atomic mass is 9.81. The van der Waals surface area contributed by atoms with Crippen LogP contribution in [0.1, 0.15) is 31.2 Å². The Kier molecular flexibility index (Phi) is 4.92. The number of nitrogens with one attached hydrogen (secondary N) is 2. The number of carbonyl (C=O) groups is 3. The van der Waals surface area contributed by atoms with Crippen molar-refractivity contribution in [1.29, 1.82) is 0 Å². The number of imide groups is 1. The highest BCUT2D eigenvalue weighted by Gasteiger charge is 2.49. The predicted octanol–water partition coefficient (Wildman–Crippen LogP) is 1.87. The molecule has 148 valence electrons. The van der Waals surface area contributed by atoms with Gasteiger partial charge in [-0.05, 0) is 12.5 Å². The first-order valence-electron chi connectivity index (χ1n) is 8.31.